The van der Waals surface area contributed by atoms with E-state index in [1.807, 2.05) is 42.3 Å². The smallest absolute Gasteiger partial charge is 0.0991 e. The predicted molar refractivity (Wildman–Crippen MR) is 85.3 cm³/mol. The van der Waals surface area contributed by atoms with Crippen molar-refractivity contribution in [3.63, 3.8) is 0 Å². The number of aliphatic hydroxyl groups is 1. The molecule has 4 heteroatoms. The molecule has 0 aromatic heterocycles. The SMILES string of the molecule is CC(O)c1ccc(N(C)Cc2cccc(C#N)c2)c(Cl)c1. The summed E-state index contributed by atoms with van der Waals surface area (Å²) in [4.78, 5) is 2.02. The van der Waals surface area contributed by atoms with Gasteiger partial charge in [-0.2, -0.15) is 5.26 Å². The third kappa shape index (κ3) is 3.75. The van der Waals surface area contributed by atoms with Crippen LogP contribution in [-0.2, 0) is 6.54 Å². The summed E-state index contributed by atoms with van der Waals surface area (Å²) in [6, 6.07) is 15.2. The zero-order valence-electron chi connectivity index (χ0n) is 12.0. The zero-order valence-corrected chi connectivity index (χ0v) is 12.8. The second kappa shape index (κ2) is 6.62. The number of nitrogens with zero attached hydrogens (tertiary/aromatic N) is 2. The molecule has 0 aliphatic heterocycles. The van der Waals surface area contributed by atoms with Crippen molar-refractivity contribution in [2.45, 2.75) is 19.6 Å². The fourth-order valence-electron chi connectivity index (χ4n) is 2.19. The Kier molecular flexibility index (Phi) is 4.85. The molecule has 0 amide bonds. The van der Waals surface area contributed by atoms with Crippen LogP contribution in [0, 0.1) is 11.3 Å². The Hall–Kier alpha value is -2.02. The quantitative estimate of drug-likeness (QED) is 0.931. The molecule has 1 atom stereocenters. The average molecular weight is 301 g/mol. The zero-order chi connectivity index (χ0) is 15.4. The van der Waals surface area contributed by atoms with Gasteiger partial charge in [-0.15, -0.1) is 0 Å². The molecule has 108 valence electrons. The largest absolute Gasteiger partial charge is 0.389 e. The number of halogens is 1. The van der Waals surface area contributed by atoms with Gasteiger partial charge < -0.3 is 10.0 Å². The van der Waals surface area contributed by atoms with E-state index in [0.29, 0.717) is 17.1 Å². The third-order valence-corrected chi connectivity index (χ3v) is 3.64. The molecular formula is C17H17ClN2O. The molecule has 2 rings (SSSR count). The molecule has 1 N–H and O–H groups in total. The maximum absolute atomic E-state index is 9.57. The molecule has 2 aromatic rings. The number of nitriles is 1. The second-order valence-corrected chi connectivity index (χ2v) is 5.46. The van der Waals surface area contributed by atoms with Gasteiger partial charge >= 0.3 is 0 Å². The average Bonchev–Trinajstić information content (AvgIpc) is 2.47. The standard InChI is InChI=1S/C17H17ClN2O/c1-12(21)15-6-7-17(16(18)9-15)20(2)11-14-5-3-4-13(8-14)10-19/h3-9,12,21H,11H2,1-2H3. The summed E-state index contributed by atoms with van der Waals surface area (Å²) in [7, 11) is 1.95. The molecule has 0 saturated carbocycles. The van der Waals surface area contributed by atoms with Gasteiger partial charge in [-0.3, -0.25) is 0 Å². The van der Waals surface area contributed by atoms with Crippen LogP contribution in [0.1, 0.15) is 29.7 Å². The van der Waals surface area contributed by atoms with Gasteiger partial charge in [0, 0.05) is 13.6 Å². The maximum atomic E-state index is 9.57. The molecule has 1 unspecified atom stereocenters. The second-order valence-electron chi connectivity index (χ2n) is 5.06. The number of aliphatic hydroxyl groups excluding tert-OH is 1. The summed E-state index contributed by atoms with van der Waals surface area (Å²) in [5, 5.41) is 19.1. The van der Waals surface area contributed by atoms with Crippen LogP contribution in [0.4, 0.5) is 5.69 Å². The van der Waals surface area contributed by atoms with Crippen molar-refractivity contribution < 1.29 is 5.11 Å². The first kappa shape index (κ1) is 15.4. The van der Waals surface area contributed by atoms with Crippen molar-refractivity contribution in [2.24, 2.45) is 0 Å². The predicted octanol–water partition coefficient (Wildman–Crippen LogP) is 3.90. The van der Waals surface area contributed by atoms with Gasteiger partial charge in [0.15, 0.2) is 0 Å². The minimum absolute atomic E-state index is 0.533. The van der Waals surface area contributed by atoms with E-state index >= 15 is 0 Å². The highest BCUT2D eigenvalue weighted by Crippen LogP contribution is 2.29. The van der Waals surface area contributed by atoms with Crippen molar-refractivity contribution in [1.29, 1.82) is 5.26 Å². The summed E-state index contributed by atoms with van der Waals surface area (Å²) < 4.78 is 0. The lowest BCUT2D eigenvalue weighted by molar-refractivity contribution is 0.199. The highest BCUT2D eigenvalue weighted by Gasteiger charge is 2.10. The van der Waals surface area contributed by atoms with E-state index in [4.69, 9.17) is 16.9 Å². The lowest BCUT2D eigenvalue weighted by atomic mass is 10.1. The summed E-state index contributed by atoms with van der Waals surface area (Å²) in [6.45, 7) is 2.37. The molecule has 0 spiro atoms. The highest BCUT2D eigenvalue weighted by molar-refractivity contribution is 6.33. The van der Waals surface area contributed by atoms with Crippen LogP contribution in [0.25, 0.3) is 0 Å². The maximum Gasteiger partial charge on any atom is 0.0991 e. The molecule has 21 heavy (non-hydrogen) atoms. The number of benzene rings is 2. The van der Waals surface area contributed by atoms with E-state index in [0.717, 1.165) is 16.8 Å². The summed E-state index contributed by atoms with van der Waals surface area (Å²) in [6.07, 6.45) is -0.533. The van der Waals surface area contributed by atoms with Gasteiger partial charge in [0.1, 0.15) is 0 Å². The van der Waals surface area contributed by atoms with Crippen LogP contribution in [0.15, 0.2) is 42.5 Å². The van der Waals surface area contributed by atoms with Gasteiger partial charge in [0.2, 0.25) is 0 Å². The van der Waals surface area contributed by atoms with Crippen molar-refractivity contribution in [1.82, 2.24) is 0 Å². The normalized spacial score (nSPS) is 11.8. The van der Waals surface area contributed by atoms with Gasteiger partial charge in [0.05, 0.1) is 28.4 Å². The Morgan fingerprint density at radius 1 is 1.29 bits per heavy atom. The van der Waals surface area contributed by atoms with E-state index in [9.17, 15) is 5.11 Å². The fraction of sp³-hybridized carbons (Fsp3) is 0.235. The molecule has 0 heterocycles. The minimum Gasteiger partial charge on any atom is -0.389 e. The van der Waals surface area contributed by atoms with E-state index in [-0.39, 0.29) is 0 Å². The van der Waals surface area contributed by atoms with Crippen LogP contribution in [0.5, 0.6) is 0 Å². The molecule has 0 aliphatic carbocycles. The molecule has 0 fully saturated rings. The van der Waals surface area contributed by atoms with Gasteiger partial charge in [0.25, 0.3) is 0 Å². The molecule has 0 radical (unpaired) electrons. The number of hydrogen-bond acceptors (Lipinski definition) is 3. The Labute approximate surface area is 130 Å². The lowest BCUT2D eigenvalue weighted by Gasteiger charge is -2.21. The van der Waals surface area contributed by atoms with E-state index in [1.54, 1.807) is 19.1 Å². The Morgan fingerprint density at radius 3 is 2.67 bits per heavy atom. The van der Waals surface area contributed by atoms with Crippen molar-refractivity contribution >= 4 is 17.3 Å². The van der Waals surface area contributed by atoms with Crippen LogP contribution >= 0.6 is 11.6 Å². The summed E-state index contributed by atoms with van der Waals surface area (Å²) in [5.41, 5.74) is 3.38. The molecule has 0 aliphatic rings. The van der Waals surface area contributed by atoms with Crippen LogP contribution in [0.2, 0.25) is 5.02 Å². The Bertz CT molecular complexity index is 677. The third-order valence-electron chi connectivity index (χ3n) is 3.34. The van der Waals surface area contributed by atoms with E-state index < -0.39 is 6.10 Å². The van der Waals surface area contributed by atoms with E-state index in [1.165, 1.54) is 0 Å². The van der Waals surface area contributed by atoms with Crippen molar-refractivity contribution in [3.05, 3.63) is 64.2 Å². The highest BCUT2D eigenvalue weighted by atomic mass is 35.5. The van der Waals surface area contributed by atoms with Gasteiger partial charge in [-0.25, -0.2) is 0 Å². The van der Waals surface area contributed by atoms with Gasteiger partial charge in [-0.05, 0) is 42.3 Å². The molecule has 3 nitrogen and oxygen atoms in total. The monoisotopic (exact) mass is 300 g/mol. The molecule has 2 aromatic carbocycles. The number of anilines is 1. The molecule has 0 saturated heterocycles. The number of rotatable bonds is 4. The van der Waals surface area contributed by atoms with Crippen LogP contribution in [0.3, 0.4) is 0 Å². The first-order valence-corrected chi connectivity index (χ1v) is 7.06. The summed E-state index contributed by atoms with van der Waals surface area (Å²) >= 11 is 6.29. The van der Waals surface area contributed by atoms with Crippen LogP contribution in [-0.4, -0.2) is 12.2 Å². The number of hydrogen-bond donors (Lipinski definition) is 1. The first-order chi connectivity index (χ1) is 10.0. The molecular weight excluding hydrogens is 284 g/mol. The fourth-order valence-corrected chi connectivity index (χ4v) is 2.52. The Balaban J connectivity index is 2.20. The lowest BCUT2D eigenvalue weighted by Crippen LogP contribution is -2.17. The topological polar surface area (TPSA) is 47.3 Å². The minimum atomic E-state index is -0.533. The van der Waals surface area contributed by atoms with Crippen molar-refractivity contribution in [3.8, 4) is 6.07 Å². The molecule has 0 bridgehead atoms. The van der Waals surface area contributed by atoms with Gasteiger partial charge in [-0.1, -0.05) is 29.8 Å². The van der Waals surface area contributed by atoms with Crippen molar-refractivity contribution in [2.75, 3.05) is 11.9 Å². The Morgan fingerprint density at radius 2 is 2.05 bits per heavy atom. The first-order valence-electron chi connectivity index (χ1n) is 6.69. The van der Waals surface area contributed by atoms with Crippen LogP contribution < -0.4 is 4.90 Å². The van der Waals surface area contributed by atoms with E-state index in [2.05, 4.69) is 6.07 Å². The summed E-state index contributed by atoms with van der Waals surface area (Å²) in [5.74, 6) is 0.